The number of ether oxygens (including phenoxy) is 2. The van der Waals surface area contributed by atoms with E-state index in [0.29, 0.717) is 0 Å². The van der Waals surface area contributed by atoms with Gasteiger partial charge in [-0.2, -0.15) is 0 Å². The van der Waals surface area contributed by atoms with Crippen LogP contribution in [0.2, 0.25) is 0 Å². The molecule has 0 fully saturated rings. The van der Waals surface area contributed by atoms with E-state index in [-0.39, 0.29) is 0 Å². The standard InChI is InChI=1S/C17H18N2O2S/c1-20-15-8-7-12(9-16(15)21-2)10-22-11-17-18-13-5-3-4-6-14(13)19-17/h3-9H,10-11H2,1-2H3,(H,18,19). The van der Waals surface area contributed by atoms with Crippen LogP contribution in [-0.2, 0) is 11.5 Å². The van der Waals surface area contributed by atoms with Crippen LogP contribution in [0.1, 0.15) is 11.4 Å². The molecule has 0 aliphatic heterocycles. The zero-order valence-corrected chi connectivity index (χ0v) is 13.4. The van der Waals surface area contributed by atoms with Crippen LogP contribution in [0.4, 0.5) is 0 Å². The second-order valence-electron chi connectivity index (χ2n) is 4.88. The lowest BCUT2D eigenvalue weighted by Crippen LogP contribution is -1.92. The molecule has 4 nitrogen and oxygen atoms in total. The molecule has 0 saturated carbocycles. The van der Waals surface area contributed by atoms with Crippen LogP contribution >= 0.6 is 11.8 Å². The molecular weight excluding hydrogens is 296 g/mol. The Labute approximate surface area is 133 Å². The molecule has 0 unspecified atom stereocenters. The first-order chi connectivity index (χ1) is 10.8. The number of aromatic nitrogens is 2. The fourth-order valence-corrected chi connectivity index (χ4v) is 3.16. The summed E-state index contributed by atoms with van der Waals surface area (Å²) in [5.74, 6) is 4.28. The predicted molar refractivity (Wildman–Crippen MR) is 90.6 cm³/mol. The Morgan fingerprint density at radius 2 is 1.82 bits per heavy atom. The van der Waals surface area contributed by atoms with Gasteiger partial charge in [0.15, 0.2) is 11.5 Å². The maximum atomic E-state index is 5.33. The van der Waals surface area contributed by atoms with E-state index >= 15 is 0 Å². The van der Waals surface area contributed by atoms with E-state index < -0.39 is 0 Å². The predicted octanol–water partition coefficient (Wildman–Crippen LogP) is 4.01. The number of fused-ring (bicyclic) bond motifs is 1. The third-order valence-electron chi connectivity index (χ3n) is 3.39. The van der Waals surface area contributed by atoms with Gasteiger partial charge in [-0.25, -0.2) is 4.98 Å². The Balaban J connectivity index is 1.63. The number of hydrogen-bond donors (Lipinski definition) is 1. The van der Waals surface area contributed by atoms with Gasteiger partial charge in [0.25, 0.3) is 0 Å². The van der Waals surface area contributed by atoms with Gasteiger partial charge in [0.05, 0.1) is 31.0 Å². The van der Waals surface area contributed by atoms with Crippen LogP contribution in [0.3, 0.4) is 0 Å². The molecule has 3 aromatic rings. The van der Waals surface area contributed by atoms with Crippen LogP contribution < -0.4 is 9.47 Å². The van der Waals surface area contributed by atoms with E-state index in [4.69, 9.17) is 9.47 Å². The fraction of sp³-hybridized carbons (Fsp3) is 0.235. The minimum absolute atomic E-state index is 0.758. The summed E-state index contributed by atoms with van der Waals surface area (Å²) in [6.45, 7) is 0. The van der Waals surface area contributed by atoms with E-state index in [2.05, 4.69) is 16.0 Å². The molecule has 22 heavy (non-hydrogen) atoms. The van der Waals surface area contributed by atoms with Crippen molar-refractivity contribution in [2.45, 2.75) is 11.5 Å². The van der Waals surface area contributed by atoms with Gasteiger partial charge in [-0.1, -0.05) is 18.2 Å². The van der Waals surface area contributed by atoms with E-state index in [1.54, 1.807) is 14.2 Å². The topological polar surface area (TPSA) is 47.1 Å². The Bertz CT molecular complexity index is 737. The minimum atomic E-state index is 0.758. The van der Waals surface area contributed by atoms with Gasteiger partial charge >= 0.3 is 0 Å². The molecule has 0 spiro atoms. The van der Waals surface area contributed by atoms with Crippen molar-refractivity contribution in [3.05, 3.63) is 53.9 Å². The van der Waals surface area contributed by atoms with Crippen LogP contribution in [0.25, 0.3) is 11.0 Å². The van der Waals surface area contributed by atoms with Gasteiger partial charge in [0, 0.05) is 5.75 Å². The summed E-state index contributed by atoms with van der Waals surface area (Å²) in [7, 11) is 3.30. The van der Waals surface area contributed by atoms with Crippen molar-refractivity contribution >= 4 is 22.8 Å². The molecule has 114 valence electrons. The molecule has 1 aromatic heterocycles. The number of para-hydroxylation sites is 2. The zero-order chi connectivity index (χ0) is 15.4. The third kappa shape index (κ3) is 3.20. The molecule has 5 heteroatoms. The van der Waals surface area contributed by atoms with Gasteiger partial charge < -0.3 is 14.5 Å². The number of hydrogen-bond acceptors (Lipinski definition) is 4. The summed E-state index contributed by atoms with van der Waals surface area (Å²) in [5.41, 5.74) is 3.31. The van der Waals surface area contributed by atoms with Crippen LogP contribution in [0.15, 0.2) is 42.5 Å². The molecule has 0 amide bonds. The average Bonchev–Trinajstić information content (AvgIpc) is 2.97. The number of H-pyrrole nitrogens is 1. The quantitative estimate of drug-likeness (QED) is 0.746. The number of thioether (sulfide) groups is 1. The van der Waals surface area contributed by atoms with Crippen LogP contribution in [-0.4, -0.2) is 24.2 Å². The van der Waals surface area contributed by atoms with Crippen molar-refractivity contribution in [3.63, 3.8) is 0 Å². The fourth-order valence-electron chi connectivity index (χ4n) is 2.31. The Hall–Kier alpha value is -2.14. The number of nitrogens with zero attached hydrogens (tertiary/aromatic N) is 1. The normalized spacial score (nSPS) is 10.8. The first kappa shape index (κ1) is 14.8. The monoisotopic (exact) mass is 314 g/mol. The summed E-state index contributed by atoms with van der Waals surface area (Å²) >= 11 is 1.82. The zero-order valence-electron chi connectivity index (χ0n) is 12.6. The van der Waals surface area contributed by atoms with Crippen molar-refractivity contribution in [1.82, 2.24) is 9.97 Å². The van der Waals surface area contributed by atoms with Gasteiger partial charge in [0.1, 0.15) is 5.82 Å². The number of benzene rings is 2. The summed E-state index contributed by atoms with van der Waals surface area (Å²) in [4.78, 5) is 7.93. The second-order valence-corrected chi connectivity index (χ2v) is 5.87. The maximum absolute atomic E-state index is 5.33. The maximum Gasteiger partial charge on any atom is 0.161 e. The van der Waals surface area contributed by atoms with Crippen molar-refractivity contribution in [2.24, 2.45) is 0 Å². The summed E-state index contributed by atoms with van der Waals surface area (Å²) in [6, 6.07) is 14.1. The highest BCUT2D eigenvalue weighted by Gasteiger charge is 2.06. The second kappa shape index (κ2) is 6.75. The molecule has 3 rings (SSSR count). The van der Waals surface area contributed by atoms with Crippen molar-refractivity contribution in [3.8, 4) is 11.5 Å². The van der Waals surface area contributed by atoms with Gasteiger partial charge in [0.2, 0.25) is 0 Å². The largest absolute Gasteiger partial charge is 0.493 e. The molecule has 0 saturated heterocycles. The smallest absolute Gasteiger partial charge is 0.161 e. The van der Waals surface area contributed by atoms with Crippen molar-refractivity contribution < 1.29 is 9.47 Å². The lowest BCUT2D eigenvalue weighted by molar-refractivity contribution is 0.354. The highest BCUT2D eigenvalue weighted by molar-refractivity contribution is 7.97. The lowest BCUT2D eigenvalue weighted by Gasteiger charge is -2.09. The van der Waals surface area contributed by atoms with E-state index in [1.165, 1.54) is 5.56 Å². The highest BCUT2D eigenvalue weighted by Crippen LogP contribution is 2.29. The molecule has 0 aliphatic carbocycles. The average molecular weight is 314 g/mol. The van der Waals surface area contributed by atoms with E-state index in [0.717, 1.165) is 39.9 Å². The molecule has 0 aliphatic rings. The highest BCUT2D eigenvalue weighted by atomic mass is 32.2. The number of nitrogens with one attached hydrogen (secondary N) is 1. The summed E-state index contributed by atoms with van der Waals surface area (Å²) < 4.78 is 10.6. The van der Waals surface area contributed by atoms with E-state index in [1.807, 2.05) is 48.2 Å². The van der Waals surface area contributed by atoms with Crippen LogP contribution in [0, 0.1) is 0 Å². The van der Waals surface area contributed by atoms with Crippen molar-refractivity contribution in [2.75, 3.05) is 14.2 Å². The van der Waals surface area contributed by atoms with Gasteiger partial charge in [-0.15, -0.1) is 11.8 Å². The molecule has 1 N–H and O–H groups in total. The molecule has 0 radical (unpaired) electrons. The minimum Gasteiger partial charge on any atom is -0.493 e. The molecule has 1 heterocycles. The third-order valence-corrected chi connectivity index (χ3v) is 4.41. The first-order valence-corrected chi connectivity index (χ1v) is 8.18. The number of methoxy groups -OCH3 is 2. The Morgan fingerprint density at radius 3 is 2.59 bits per heavy atom. The Morgan fingerprint density at radius 1 is 1.00 bits per heavy atom. The molecule has 2 aromatic carbocycles. The van der Waals surface area contributed by atoms with Crippen molar-refractivity contribution in [1.29, 1.82) is 0 Å². The van der Waals surface area contributed by atoms with Gasteiger partial charge in [-0.05, 0) is 29.8 Å². The summed E-state index contributed by atoms with van der Waals surface area (Å²) in [5, 5.41) is 0. The lowest BCUT2D eigenvalue weighted by atomic mass is 10.2. The Kier molecular flexibility index (Phi) is 4.53. The number of imidazole rings is 1. The first-order valence-electron chi connectivity index (χ1n) is 7.02. The van der Waals surface area contributed by atoms with Crippen LogP contribution in [0.5, 0.6) is 11.5 Å². The number of rotatable bonds is 6. The SMILES string of the molecule is COc1ccc(CSCc2nc3ccccc3[nH]2)cc1OC. The van der Waals surface area contributed by atoms with E-state index in [9.17, 15) is 0 Å². The molecule has 0 bridgehead atoms. The van der Waals surface area contributed by atoms with Gasteiger partial charge in [-0.3, -0.25) is 0 Å². The summed E-state index contributed by atoms with van der Waals surface area (Å²) in [6.07, 6.45) is 0. The molecular formula is C17H18N2O2S. The molecule has 0 atom stereocenters. The number of aromatic amines is 1.